The van der Waals surface area contributed by atoms with Crippen molar-refractivity contribution >= 4 is 5.91 Å². The molecular formula is C32H38FNO2. The summed E-state index contributed by atoms with van der Waals surface area (Å²) >= 11 is 0. The van der Waals surface area contributed by atoms with Crippen molar-refractivity contribution in [1.82, 2.24) is 5.32 Å². The van der Waals surface area contributed by atoms with Crippen molar-refractivity contribution in [2.75, 3.05) is 13.2 Å². The highest BCUT2D eigenvalue weighted by Gasteiger charge is 2.33. The summed E-state index contributed by atoms with van der Waals surface area (Å²) in [4.78, 5) is 13.1. The molecule has 3 aromatic rings. The minimum Gasteiger partial charge on any atom is -0.376 e. The Labute approximate surface area is 215 Å². The van der Waals surface area contributed by atoms with Crippen LogP contribution in [0.5, 0.6) is 0 Å². The van der Waals surface area contributed by atoms with E-state index in [-0.39, 0.29) is 23.2 Å². The van der Waals surface area contributed by atoms with Gasteiger partial charge in [-0.05, 0) is 80.2 Å². The molecule has 4 rings (SSSR count). The number of halogens is 1. The molecule has 1 heterocycles. The molecule has 0 unspecified atom stereocenters. The summed E-state index contributed by atoms with van der Waals surface area (Å²) in [5.41, 5.74) is 3.26. The molecule has 1 N–H and O–H groups in total. The SMILES string of the molecule is CC1(C)C[C@H]([C@H](CCNC(=O)C[C@H](c2ccccc2)c2ccc(F)cc2)Cc2ccccc2)CCO1. The van der Waals surface area contributed by atoms with Crippen LogP contribution < -0.4 is 5.32 Å². The van der Waals surface area contributed by atoms with Crippen LogP contribution in [0.4, 0.5) is 4.39 Å². The number of hydrogen-bond donors (Lipinski definition) is 1. The van der Waals surface area contributed by atoms with Crippen LogP contribution in [0.25, 0.3) is 0 Å². The van der Waals surface area contributed by atoms with Crippen molar-refractivity contribution in [1.29, 1.82) is 0 Å². The van der Waals surface area contributed by atoms with E-state index in [1.165, 1.54) is 17.7 Å². The van der Waals surface area contributed by atoms with Crippen LogP contribution in [-0.2, 0) is 16.0 Å². The molecule has 1 aliphatic rings. The number of rotatable bonds is 10. The van der Waals surface area contributed by atoms with E-state index in [0.717, 1.165) is 43.4 Å². The lowest BCUT2D eigenvalue weighted by molar-refractivity contribution is -0.121. The van der Waals surface area contributed by atoms with Gasteiger partial charge in [-0.3, -0.25) is 4.79 Å². The van der Waals surface area contributed by atoms with Crippen LogP contribution >= 0.6 is 0 Å². The molecule has 0 aliphatic carbocycles. The molecule has 0 aromatic heterocycles. The van der Waals surface area contributed by atoms with Gasteiger partial charge in [0.15, 0.2) is 0 Å². The standard InChI is InChI=1S/C32H38FNO2/c1-32(2)23-28(18-20-36-32)27(21-24-9-5-3-6-10-24)17-19-34-31(35)22-30(25-11-7-4-8-12-25)26-13-15-29(33)16-14-26/h3-16,27-28,30H,17-23H2,1-2H3,(H,34,35)/t27-,28-,30-/m1/s1. The third-order valence-electron chi connectivity index (χ3n) is 7.44. The average molecular weight is 488 g/mol. The van der Waals surface area contributed by atoms with Gasteiger partial charge in [-0.1, -0.05) is 72.8 Å². The van der Waals surface area contributed by atoms with E-state index in [4.69, 9.17) is 4.74 Å². The highest BCUT2D eigenvalue weighted by atomic mass is 19.1. The Kier molecular flexibility index (Phi) is 8.93. The summed E-state index contributed by atoms with van der Waals surface area (Å²) in [7, 11) is 0. The first-order valence-corrected chi connectivity index (χ1v) is 13.1. The molecule has 3 aromatic carbocycles. The molecule has 1 aliphatic heterocycles. The zero-order valence-corrected chi connectivity index (χ0v) is 21.5. The van der Waals surface area contributed by atoms with Gasteiger partial charge in [-0.25, -0.2) is 4.39 Å². The van der Waals surface area contributed by atoms with Crippen LogP contribution in [0, 0.1) is 17.7 Å². The number of hydrogen-bond acceptors (Lipinski definition) is 2. The van der Waals surface area contributed by atoms with Crippen molar-refractivity contribution in [3.8, 4) is 0 Å². The predicted molar refractivity (Wildman–Crippen MR) is 143 cm³/mol. The lowest BCUT2D eigenvalue weighted by Crippen LogP contribution is -2.38. The van der Waals surface area contributed by atoms with Crippen LogP contribution in [-0.4, -0.2) is 24.7 Å². The monoisotopic (exact) mass is 487 g/mol. The second-order valence-electron chi connectivity index (χ2n) is 10.7. The summed E-state index contributed by atoms with van der Waals surface area (Å²) in [6.07, 6.45) is 4.39. The Balaban J connectivity index is 1.40. The van der Waals surface area contributed by atoms with Crippen LogP contribution in [0.1, 0.15) is 62.1 Å². The van der Waals surface area contributed by atoms with E-state index >= 15 is 0 Å². The van der Waals surface area contributed by atoms with Gasteiger partial charge in [0.1, 0.15) is 5.82 Å². The van der Waals surface area contributed by atoms with E-state index in [2.05, 4.69) is 49.5 Å². The molecule has 36 heavy (non-hydrogen) atoms. The van der Waals surface area contributed by atoms with E-state index in [1.54, 1.807) is 12.1 Å². The second kappa shape index (κ2) is 12.3. The Morgan fingerprint density at radius 1 is 0.972 bits per heavy atom. The quantitative estimate of drug-likeness (QED) is 0.337. The maximum absolute atomic E-state index is 13.5. The van der Waals surface area contributed by atoms with Gasteiger partial charge < -0.3 is 10.1 Å². The number of benzene rings is 3. The summed E-state index contributed by atoms with van der Waals surface area (Å²) in [5.74, 6) is 0.706. The Hall–Kier alpha value is -2.98. The topological polar surface area (TPSA) is 38.3 Å². The average Bonchev–Trinajstić information content (AvgIpc) is 2.88. The normalized spacial score (nSPS) is 18.8. The van der Waals surface area contributed by atoms with Crippen LogP contribution in [0.2, 0.25) is 0 Å². The van der Waals surface area contributed by atoms with Crippen molar-refractivity contribution in [2.24, 2.45) is 11.8 Å². The van der Waals surface area contributed by atoms with E-state index in [0.29, 0.717) is 24.8 Å². The second-order valence-corrected chi connectivity index (χ2v) is 10.7. The molecule has 1 amide bonds. The highest BCUT2D eigenvalue weighted by molar-refractivity contribution is 5.77. The lowest BCUT2D eigenvalue weighted by Gasteiger charge is -2.39. The molecule has 4 heteroatoms. The lowest BCUT2D eigenvalue weighted by atomic mass is 9.75. The summed E-state index contributed by atoms with van der Waals surface area (Å²) in [6.45, 7) is 5.81. The fraction of sp³-hybridized carbons (Fsp3) is 0.406. The van der Waals surface area contributed by atoms with Crippen molar-refractivity contribution in [2.45, 2.75) is 57.5 Å². The molecule has 0 radical (unpaired) electrons. The molecule has 1 saturated heterocycles. The van der Waals surface area contributed by atoms with Crippen molar-refractivity contribution in [3.63, 3.8) is 0 Å². The first kappa shape index (κ1) is 26.1. The Morgan fingerprint density at radius 3 is 2.28 bits per heavy atom. The summed E-state index contributed by atoms with van der Waals surface area (Å²) < 4.78 is 19.5. The minimum atomic E-state index is -0.268. The maximum Gasteiger partial charge on any atom is 0.220 e. The molecule has 3 nitrogen and oxygen atoms in total. The fourth-order valence-electron chi connectivity index (χ4n) is 5.57. The minimum absolute atomic E-state index is 0.0268. The van der Waals surface area contributed by atoms with Gasteiger partial charge in [-0.2, -0.15) is 0 Å². The summed E-state index contributed by atoms with van der Waals surface area (Å²) in [6, 6.07) is 27.1. The molecular weight excluding hydrogens is 449 g/mol. The van der Waals surface area contributed by atoms with Crippen LogP contribution in [0.3, 0.4) is 0 Å². The maximum atomic E-state index is 13.5. The molecule has 0 saturated carbocycles. The number of carbonyl (C=O) groups is 1. The van der Waals surface area contributed by atoms with Gasteiger partial charge in [0.25, 0.3) is 0 Å². The van der Waals surface area contributed by atoms with Crippen molar-refractivity contribution in [3.05, 3.63) is 107 Å². The van der Waals surface area contributed by atoms with E-state index in [9.17, 15) is 9.18 Å². The predicted octanol–water partition coefficient (Wildman–Crippen LogP) is 6.92. The van der Waals surface area contributed by atoms with Gasteiger partial charge in [0.05, 0.1) is 5.60 Å². The number of amides is 1. The third-order valence-corrected chi connectivity index (χ3v) is 7.44. The van der Waals surface area contributed by atoms with Crippen LogP contribution in [0.15, 0.2) is 84.9 Å². The molecule has 190 valence electrons. The van der Waals surface area contributed by atoms with Gasteiger partial charge in [0, 0.05) is 25.5 Å². The molecule has 0 spiro atoms. The third kappa shape index (κ3) is 7.51. The number of nitrogens with one attached hydrogen (secondary N) is 1. The number of ether oxygens (including phenoxy) is 1. The smallest absolute Gasteiger partial charge is 0.220 e. The highest BCUT2D eigenvalue weighted by Crippen LogP contribution is 2.36. The Bertz CT molecular complexity index is 1080. The van der Waals surface area contributed by atoms with E-state index in [1.807, 2.05) is 30.3 Å². The van der Waals surface area contributed by atoms with Gasteiger partial charge >= 0.3 is 0 Å². The first-order valence-electron chi connectivity index (χ1n) is 13.1. The largest absolute Gasteiger partial charge is 0.376 e. The molecule has 0 bridgehead atoms. The molecule has 3 atom stereocenters. The number of carbonyl (C=O) groups excluding carboxylic acids is 1. The van der Waals surface area contributed by atoms with Gasteiger partial charge in [0.2, 0.25) is 5.91 Å². The Morgan fingerprint density at radius 2 is 1.61 bits per heavy atom. The zero-order valence-electron chi connectivity index (χ0n) is 21.5. The zero-order chi connectivity index (χ0) is 25.4. The van der Waals surface area contributed by atoms with Gasteiger partial charge in [-0.15, -0.1) is 0 Å². The summed E-state index contributed by atoms with van der Waals surface area (Å²) in [5, 5.41) is 3.20. The fourth-order valence-corrected chi connectivity index (χ4v) is 5.57. The van der Waals surface area contributed by atoms with E-state index < -0.39 is 0 Å². The first-order chi connectivity index (χ1) is 17.4. The van der Waals surface area contributed by atoms with Crippen molar-refractivity contribution < 1.29 is 13.9 Å². The molecule has 1 fully saturated rings.